The first-order valence-corrected chi connectivity index (χ1v) is 21.3. The standard InChI is InChI=1S/C51H50N4O/c1-4-15-33(16-5-1)34-27-29-39(30-28-34)55-44-25-12-10-23-40(44)43-32-42(48-46(47(43)55)41-24-11-13-26-45(41)56-48)37-21-14-22-38(31-37)51-53-49(35-17-6-2-7-18-35)52-50(54-51)36-19-8-3-9-20-36/h2-3,6-10,12-15,17-23,25-26,31-32,34,39-41,44-46,48H,1,4-5,11,16,24,27-30H2. The highest BCUT2D eigenvalue weighted by molar-refractivity contribution is 5.79. The number of aromatic nitrogens is 3. The second-order valence-corrected chi connectivity index (χ2v) is 17.0. The summed E-state index contributed by atoms with van der Waals surface area (Å²) < 4.78 is 7.23. The normalized spacial score (nSPS) is 30.3. The topological polar surface area (TPSA) is 51.1 Å². The highest BCUT2D eigenvalue weighted by atomic mass is 16.5. The molecule has 2 aliphatic heterocycles. The summed E-state index contributed by atoms with van der Waals surface area (Å²) in [4.78, 5) is 18.1. The van der Waals surface area contributed by atoms with E-state index in [9.17, 15) is 0 Å². The summed E-state index contributed by atoms with van der Waals surface area (Å²) in [7, 11) is 0. The molecule has 56 heavy (non-hydrogen) atoms. The molecule has 1 saturated carbocycles. The van der Waals surface area contributed by atoms with Crippen LogP contribution in [-0.4, -0.2) is 44.1 Å². The molecule has 5 heteroatoms. The molecule has 1 saturated heterocycles. The Labute approximate surface area is 331 Å². The zero-order valence-corrected chi connectivity index (χ0v) is 32.1. The van der Waals surface area contributed by atoms with Crippen molar-refractivity contribution in [2.24, 2.45) is 23.7 Å². The summed E-state index contributed by atoms with van der Waals surface area (Å²) in [5.41, 5.74) is 10.3. The fourth-order valence-electron chi connectivity index (χ4n) is 11.3. The highest BCUT2D eigenvalue weighted by Crippen LogP contribution is 2.57. The Morgan fingerprint density at radius 1 is 0.643 bits per heavy atom. The van der Waals surface area contributed by atoms with Gasteiger partial charge in [0.1, 0.15) is 0 Å². The molecule has 5 aliphatic carbocycles. The maximum atomic E-state index is 7.23. The predicted octanol–water partition coefficient (Wildman–Crippen LogP) is 11.4. The molecule has 7 aliphatic rings. The predicted molar refractivity (Wildman–Crippen MR) is 225 cm³/mol. The average Bonchev–Trinajstić information content (AvgIpc) is 3.83. The van der Waals surface area contributed by atoms with Crippen LogP contribution in [0, 0.1) is 23.7 Å². The van der Waals surface area contributed by atoms with Crippen LogP contribution in [0.1, 0.15) is 69.8 Å². The average molecular weight is 735 g/mol. The van der Waals surface area contributed by atoms with Crippen LogP contribution in [0.25, 0.3) is 39.7 Å². The molecule has 3 heterocycles. The summed E-state index contributed by atoms with van der Waals surface area (Å²) in [5.74, 6) is 4.01. The van der Waals surface area contributed by atoms with E-state index in [2.05, 4.69) is 102 Å². The number of nitrogens with zero attached hydrogens (tertiary/aromatic N) is 4. The third-order valence-electron chi connectivity index (χ3n) is 13.9. The maximum absolute atomic E-state index is 7.23. The molecule has 1 aromatic heterocycles. The van der Waals surface area contributed by atoms with E-state index in [1.807, 2.05) is 36.4 Å². The van der Waals surface area contributed by atoms with Gasteiger partial charge in [-0.05, 0) is 92.9 Å². The number of benzene rings is 3. The van der Waals surface area contributed by atoms with Gasteiger partial charge in [-0.1, -0.05) is 133 Å². The monoisotopic (exact) mass is 734 g/mol. The molecule has 4 aromatic rings. The van der Waals surface area contributed by atoms with Gasteiger partial charge in [-0.15, -0.1) is 0 Å². The lowest BCUT2D eigenvalue weighted by Crippen LogP contribution is -2.46. The summed E-state index contributed by atoms with van der Waals surface area (Å²) in [6.07, 6.45) is 32.5. The molecule has 0 N–H and O–H groups in total. The lowest BCUT2D eigenvalue weighted by Gasteiger charge is -2.45. The number of fused-ring (bicyclic) bond motifs is 6. The van der Waals surface area contributed by atoms with Gasteiger partial charge in [0, 0.05) is 46.2 Å². The van der Waals surface area contributed by atoms with Crippen LogP contribution in [-0.2, 0) is 4.74 Å². The fourth-order valence-corrected chi connectivity index (χ4v) is 11.3. The van der Waals surface area contributed by atoms with Crippen LogP contribution in [0.2, 0.25) is 0 Å². The molecule has 0 amide bonds. The first-order valence-electron chi connectivity index (χ1n) is 21.3. The highest BCUT2D eigenvalue weighted by Gasteiger charge is 2.55. The Balaban J connectivity index is 1.00. The zero-order chi connectivity index (χ0) is 37.0. The van der Waals surface area contributed by atoms with E-state index in [0.29, 0.717) is 47.3 Å². The number of hydrogen-bond acceptors (Lipinski definition) is 5. The van der Waals surface area contributed by atoms with Gasteiger partial charge in [0.2, 0.25) is 0 Å². The van der Waals surface area contributed by atoms with Gasteiger partial charge in [0.25, 0.3) is 0 Å². The Bertz CT molecular complexity index is 2250. The van der Waals surface area contributed by atoms with Crippen LogP contribution in [0.5, 0.6) is 0 Å². The SMILES string of the molecule is C1=CC2C3=C(C4C(OC5C=CCCC54)C(c4cccc(-c5nc(-c6ccccc6)nc(-c6ccccc6)n5)c4)=C3)N(C3CCC(C4=CCCCC4)CC3)C2C=C1. The van der Waals surface area contributed by atoms with Crippen molar-refractivity contribution < 1.29 is 4.74 Å². The van der Waals surface area contributed by atoms with E-state index in [0.717, 1.165) is 29.0 Å². The molecule has 0 radical (unpaired) electrons. The van der Waals surface area contributed by atoms with Crippen molar-refractivity contribution >= 4 is 5.57 Å². The maximum Gasteiger partial charge on any atom is 0.164 e. The molecule has 0 spiro atoms. The number of hydrogen-bond donors (Lipinski definition) is 0. The van der Waals surface area contributed by atoms with Crippen LogP contribution in [0.15, 0.2) is 150 Å². The van der Waals surface area contributed by atoms with Gasteiger partial charge in [-0.25, -0.2) is 15.0 Å². The van der Waals surface area contributed by atoms with E-state index >= 15 is 0 Å². The minimum absolute atomic E-state index is 0.000728. The molecule has 6 atom stereocenters. The van der Waals surface area contributed by atoms with Gasteiger partial charge in [-0.3, -0.25) is 0 Å². The summed E-state index contributed by atoms with van der Waals surface area (Å²) in [6.45, 7) is 0. The molecule has 5 nitrogen and oxygen atoms in total. The molecular formula is C51H50N4O. The van der Waals surface area contributed by atoms with Crippen LogP contribution >= 0.6 is 0 Å². The second-order valence-electron chi connectivity index (χ2n) is 17.0. The van der Waals surface area contributed by atoms with Crippen LogP contribution < -0.4 is 0 Å². The van der Waals surface area contributed by atoms with Gasteiger partial charge in [-0.2, -0.15) is 0 Å². The van der Waals surface area contributed by atoms with Crippen LogP contribution in [0.4, 0.5) is 0 Å². The Hall–Kier alpha value is -5.13. The minimum Gasteiger partial charge on any atom is -0.365 e. The third-order valence-corrected chi connectivity index (χ3v) is 13.9. The molecular weight excluding hydrogens is 685 g/mol. The van der Waals surface area contributed by atoms with E-state index < -0.39 is 0 Å². The van der Waals surface area contributed by atoms with E-state index in [1.165, 1.54) is 74.5 Å². The molecule has 0 bridgehead atoms. The quantitative estimate of drug-likeness (QED) is 0.185. The van der Waals surface area contributed by atoms with Crippen molar-refractivity contribution in [3.05, 3.63) is 156 Å². The van der Waals surface area contributed by atoms with Crippen molar-refractivity contribution in [1.29, 1.82) is 0 Å². The molecule has 3 aromatic carbocycles. The van der Waals surface area contributed by atoms with Crippen LogP contribution in [0.3, 0.4) is 0 Å². The third kappa shape index (κ3) is 5.98. The van der Waals surface area contributed by atoms with Crippen molar-refractivity contribution in [2.75, 3.05) is 0 Å². The van der Waals surface area contributed by atoms with E-state index in [4.69, 9.17) is 19.7 Å². The minimum atomic E-state index is -0.000728. The molecule has 280 valence electrons. The van der Waals surface area contributed by atoms with E-state index in [-0.39, 0.29) is 12.2 Å². The van der Waals surface area contributed by atoms with Crippen molar-refractivity contribution in [2.45, 2.75) is 88.5 Å². The fraction of sp³-hybridized carbons (Fsp3) is 0.353. The van der Waals surface area contributed by atoms with Gasteiger partial charge < -0.3 is 9.64 Å². The lowest BCUT2D eigenvalue weighted by molar-refractivity contribution is 0.0829. The molecule has 2 fully saturated rings. The van der Waals surface area contributed by atoms with Crippen molar-refractivity contribution in [1.82, 2.24) is 19.9 Å². The molecule has 6 unspecified atom stereocenters. The summed E-state index contributed by atoms with van der Waals surface area (Å²) in [5, 5.41) is 0. The van der Waals surface area contributed by atoms with Gasteiger partial charge in [0.05, 0.1) is 18.2 Å². The Morgan fingerprint density at radius 3 is 2.07 bits per heavy atom. The Morgan fingerprint density at radius 2 is 1.34 bits per heavy atom. The van der Waals surface area contributed by atoms with Gasteiger partial charge in [0.15, 0.2) is 17.5 Å². The largest absolute Gasteiger partial charge is 0.365 e. The first kappa shape index (κ1) is 34.1. The number of ether oxygens (including phenoxy) is 1. The second kappa shape index (κ2) is 14.4. The summed E-state index contributed by atoms with van der Waals surface area (Å²) in [6, 6.07) is 30.3. The zero-order valence-electron chi connectivity index (χ0n) is 32.1. The summed E-state index contributed by atoms with van der Waals surface area (Å²) >= 11 is 0. The van der Waals surface area contributed by atoms with Crippen molar-refractivity contribution in [3.63, 3.8) is 0 Å². The first-order chi connectivity index (χ1) is 27.8. The smallest absolute Gasteiger partial charge is 0.164 e. The van der Waals surface area contributed by atoms with Crippen molar-refractivity contribution in [3.8, 4) is 34.2 Å². The molecule has 11 rings (SSSR count). The number of rotatable bonds is 6. The van der Waals surface area contributed by atoms with E-state index in [1.54, 1.807) is 11.3 Å². The Kier molecular flexibility index (Phi) is 8.79. The lowest BCUT2D eigenvalue weighted by atomic mass is 9.72. The number of allylic oxidation sites excluding steroid dienone is 6. The van der Waals surface area contributed by atoms with Gasteiger partial charge >= 0.3 is 0 Å².